The van der Waals surface area contributed by atoms with Crippen LogP contribution in [0.15, 0.2) is 0 Å². The summed E-state index contributed by atoms with van der Waals surface area (Å²) in [5.74, 6) is 0. The largest absolute Gasteiger partial charge is 2.00 e. The topological polar surface area (TPSA) is 0 Å². The molecule has 0 bridgehead atoms. The third kappa shape index (κ3) is 8.84. The molecule has 0 fully saturated rings. The minimum Gasteiger partial charge on any atom is -1.00 e. The van der Waals surface area contributed by atoms with E-state index in [1.165, 1.54) is 0 Å². The summed E-state index contributed by atoms with van der Waals surface area (Å²) in [4.78, 5) is 0. The number of hydrogen-bond donors (Lipinski definition) is 0. The molecule has 4 heavy (non-hydrogen) atoms. The molecule has 0 spiro atoms. The van der Waals surface area contributed by atoms with Crippen molar-refractivity contribution in [2.24, 2.45) is 0 Å². The maximum Gasteiger partial charge on any atom is 2.00 e. The Morgan fingerprint density at radius 3 is 0.500 bits per heavy atom. The van der Waals surface area contributed by atoms with Gasteiger partial charge in [0.15, 0.2) is 0 Å². The second-order valence-electron chi connectivity index (χ2n) is 0. The molecule has 0 atom stereocenters. The van der Waals surface area contributed by atoms with Crippen molar-refractivity contribution in [3.63, 3.8) is 0 Å². The normalized spacial score (nSPS) is 0. The van der Waals surface area contributed by atoms with Gasteiger partial charge in [-0.3, -0.25) is 0 Å². The van der Waals surface area contributed by atoms with Crippen LogP contribution in [0.3, 0.4) is 0 Å². The van der Waals surface area contributed by atoms with Gasteiger partial charge in [-0.15, -0.1) is 0 Å². The minimum atomic E-state index is 0. The predicted molar refractivity (Wildman–Crippen MR) is 0 cm³/mol. The Morgan fingerprint density at radius 2 is 0.500 bits per heavy atom. The van der Waals surface area contributed by atoms with Gasteiger partial charge in [-0.25, -0.2) is 0 Å². The Kier molecular flexibility index (Phi) is 124. The van der Waals surface area contributed by atoms with E-state index in [2.05, 4.69) is 0 Å². The fraction of sp³-hybridized carbons (Fsp3) is 0. The average molecular weight is 484 g/mol. The van der Waals surface area contributed by atoms with Crippen molar-refractivity contribution in [2.75, 3.05) is 0 Å². The monoisotopic (exact) mass is 484 g/mol. The van der Waals surface area contributed by atoms with Gasteiger partial charge in [0.2, 0.25) is 0 Å². The Bertz CT molecular complexity index is 3.25. The molecule has 31 valence electrons. The molecule has 0 aliphatic heterocycles. The zero-order chi connectivity index (χ0) is 0. The van der Waals surface area contributed by atoms with E-state index < -0.39 is 0 Å². The van der Waals surface area contributed by atoms with Crippen LogP contribution in [-0.4, -0.2) is 0 Å². The molecule has 0 aliphatic carbocycles. The molecule has 4 heteroatoms. The van der Waals surface area contributed by atoms with Crippen LogP contribution in [0.1, 0.15) is 0 Å². The van der Waals surface area contributed by atoms with E-state index in [1.54, 1.807) is 0 Å². The Labute approximate surface area is 89.7 Å². The molecule has 0 amide bonds. The molecular formula is I3Rh-. The molecule has 0 heterocycles. The molecule has 0 aromatic carbocycles. The first kappa shape index (κ1) is 29.1. The van der Waals surface area contributed by atoms with Gasteiger partial charge in [0.25, 0.3) is 0 Å². The summed E-state index contributed by atoms with van der Waals surface area (Å²) in [5, 5.41) is 0. The van der Waals surface area contributed by atoms with Gasteiger partial charge < -0.3 is 71.9 Å². The fourth-order valence-corrected chi connectivity index (χ4v) is 0. The van der Waals surface area contributed by atoms with Crippen LogP contribution < -0.4 is 71.9 Å². The van der Waals surface area contributed by atoms with Crippen molar-refractivity contribution in [1.82, 2.24) is 0 Å². The summed E-state index contributed by atoms with van der Waals surface area (Å²) in [5.41, 5.74) is 0. The van der Waals surface area contributed by atoms with Crippen LogP contribution in [0.2, 0.25) is 0 Å². The van der Waals surface area contributed by atoms with E-state index in [9.17, 15) is 0 Å². The zero-order valence-corrected chi connectivity index (χ0v) is 9.58. The first-order valence-electron chi connectivity index (χ1n) is 0. The summed E-state index contributed by atoms with van der Waals surface area (Å²) < 4.78 is 0. The summed E-state index contributed by atoms with van der Waals surface area (Å²) >= 11 is 0. The molecule has 0 unspecified atom stereocenters. The van der Waals surface area contributed by atoms with Crippen LogP contribution in [0.5, 0.6) is 0 Å². The van der Waals surface area contributed by atoms with Gasteiger partial charge in [0, 0.05) is 0 Å². The quantitative estimate of drug-likeness (QED) is 0.237. The van der Waals surface area contributed by atoms with Crippen molar-refractivity contribution in [2.45, 2.75) is 0 Å². The van der Waals surface area contributed by atoms with Crippen LogP contribution in [-0.2, 0) is 19.5 Å². The van der Waals surface area contributed by atoms with Crippen LogP contribution in [0, 0.1) is 0 Å². The molecule has 0 aromatic rings. The summed E-state index contributed by atoms with van der Waals surface area (Å²) in [6, 6.07) is 0. The van der Waals surface area contributed by atoms with Gasteiger partial charge in [-0.2, -0.15) is 0 Å². The smallest absolute Gasteiger partial charge is 1.00 e. The standard InChI is InChI=1S/3HI.Rh/h3*1H;/q;;;+2/p-3. The van der Waals surface area contributed by atoms with Crippen LogP contribution in [0.4, 0.5) is 0 Å². The number of halogens is 3. The molecule has 1 radical (unpaired) electrons. The summed E-state index contributed by atoms with van der Waals surface area (Å²) in [6.45, 7) is 0. The third-order valence-corrected chi connectivity index (χ3v) is 0. The molecular weight excluding hydrogens is 484 g/mol. The van der Waals surface area contributed by atoms with Gasteiger partial charge in [0.05, 0.1) is 0 Å². The Morgan fingerprint density at radius 1 is 0.500 bits per heavy atom. The third-order valence-electron chi connectivity index (χ3n) is 0. The fourth-order valence-electron chi connectivity index (χ4n) is 0. The summed E-state index contributed by atoms with van der Waals surface area (Å²) in [7, 11) is 0. The predicted octanol–water partition coefficient (Wildman–Crippen LogP) is -8.99. The van der Waals surface area contributed by atoms with E-state index in [0.29, 0.717) is 0 Å². The molecule has 0 N–H and O–H groups in total. The maximum absolute atomic E-state index is 0. The zero-order valence-electron chi connectivity index (χ0n) is 1.47. The van der Waals surface area contributed by atoms with Crippen LogP contribution >= 0.6 is 0 Å². The van der Waals surface area contributed by atoms with Gasteiger partial charge in [-0.1, -0.05) is 0 Å². The van der Waals surface area contributed by atoms with Crippen molar-refractivity contribution in [3.8, 4) is 0 Å². The molecule has 0 saturated carbocycles. The van der Waals surface area contributed by atoms with Crippen LogP contribution in [0.25, 0.3) is 0 Å². The average Bonchev–Trinajstić information content (AvgIpc) is 0. The Balaban J connectivity index is 0. The molecule has 0 aliphatic rings. The van der Waals surface area contributed by atoms with Crippen molar-refractivity contribution in [1.29, 1.82) is 0 Å². The molecule has 0 aromatic heterocycles. The molecule has 0 saturated heterocycles. The van der Waals surface area contributed by atoms with E-state index in [4.69, 9.17) is 0 Å². The van der Waals surface area contributed by atoms with Gasteiger partial charge >= 0.3 is 19.5 Å². The van der Waals surface area contributed by atoms with E-state index >= 15 is 0 Å². The van der Waals surface area contributed by atoms with E-state index in [-0.39, 0.29) is 91.4 Å². The molecule has 0 nitrogen and oxygen atoms in total. The van der Waals surface area contributed by atoms with Crippen molar-refractivity contribution >= 4 is 0 Å². The second kappa shape index (κ2) is 17.0. The number of hydrogen-bond acceptors (Lipinski definition) is 0. The minimum absolute atomic E-state index is 0. The second-order valence-corrected chi connectivity index (χ2v) is 0. The maximum atomic E-state index is 0. The van der Waals surface area contributed by atoms with E-state index in [1.807, 2.05) is 0 Å². The Hall–Kier alpha value is 2.81. The summed E-state index contributed by atoms with van der Waals surface area (Å²) in [6.07, 6.45) is 0. The van der Waals surface area contributed by atoms with Gasteiger partial charge in [-0.05, 0) is 0 Å². The van der Waals surface area contributed by atoms with Crippen molar-refractivity contribution < 1.29 is 91.4 Å². The van der Waals surface area contributed by atoms with Crippen molar-refractivity contribution in [3.05, 3.63) is 0 Å². The first-order valence-corrected chi connectivity index (χ1v) is 0. The van der Waals surface area contributed by atoms with E-state index in [0.717, 1.165) is 0 Å². The molecule has 0 rings (SSSR count). The van der Waals surface area contributed by atoms with Gasteiger partial charge in [0.1, 0.15) is 0 Å². The number of rotatable bonds is 0. The first-order chi connectivity index (χ1) is 0. The SMILES string of the molecule is [I-].[I-].[I-].[Rh+2].